The Kier molecular flexibility index (Phi) is 5.49. The Labute approximate surface area is 125 Å². The van der Waals surface area contributed by atoms with Crippen LogP contribution in [0.1, 0.15) is 11.1 Å². The van der Waals surface area contributed by atoms with Crippen molar-refractivity contribution in [2.45, 2.75) is 13.2 Å². The fourth-order valence-electron chi connectivity index (χ4n) is 2.14. The minimum Gasteiger partial charge on any atom is -0.392 e. The van der Waals surface area contributed by atoms with Crippen molar-refractivity contribution in [3.63, 3.8) is 0 Å². The molecule has 0 aliphatic carbocycles. The minimum atomic E-state index is -0.0662. The molecule has 0 unspecified atom stereocenters. The summed E-state index contributed by atoms with van der Waals surface area (Å²) in [6.07, 6.45) is 0. The van der Waals surface area contributed by atoms with E-state index in [1.807, 2.05) is 60.5 Å². The monoisotopic (exact) mass is 284 g/mol. The van der Waals surface area contributed by atoms with Crippen LogP contribution < -0.4 is 5.32 Å². The molecule has 0 bridgehead atoms. The van der Waals surface area contributed by atoms with E-state index in [4.69, 9.17) is 5.11 Å². The fourth-order valence-corrected chi connectivity index (χ4v) is 2.14. The van der Waals surface area contributed by atoms with E-state index < -0.39 is 0 Å². The average molecular weight is 284 g/mol. The molecular formula is C17H20N2O2. The van der Waals surface area contributed by atoms with Crippen molar-refractivity contribution >= 4 is 11.6 Å². The number of rotatable bonds is 6. The number of aliphatic hydroxyl groups excluding tert-OH is 1. The van der Waals surface area contributed by atoms with Crippen molar-refractivity contribution in [3.05, 3.63) is 65.7 Å². The maximum atomic E-state index is 12.0. The van der Waals surface area contributed by atoms with Crippen molar-refractivity contribution < 1.29 is 9.90 Å². The van der Waals surface area contributed by atoms with Gasteiger partial charge >= 0.3 is 0 Å². The van der Waals surface area contributed by atoms with Crippen molar-refractivity contribution in [1.82, 2.24) is 4.90 Å². The van der Waals surface area contributed by atoms with Crippen LogP contribution >= 0.6 is 0 Å². The van der Waals surface area contributed by atoms with E-state index in [0.29, 0.717) is 12.2 Å². The summed E-state index contributed by atoms with van der Waals surface area (Å²) in [7, 11) is 1.91. The van der Waals surface area contributed by atoms with Crippen LogP contribution in [0, 0.1) is 0 Å². The Morgan fingerprint density at radius 2 is 1.81 bits per heavy atom. The third-order valence-corrected chi connectivity index (χ3v) is 3.10. The number of benzene rings is 2. The summed E-state index contributed by atoms with van der Waals surface area (Å²) >= 11 is 0. The Hall–Kier alpha value is -2.17. The highest BCUT2D eigenvalue weighted by molar-refractivity contribution is 5.92. The fraction of sp³-hybridized carbons (Fsp3) is 0.235. The van der Waals surface area contributed by atoms with Crippen LogP contribution in [0.4, 0.5) is 5.69 Å². The van der Waals surface area contributed by atoms with E-state index in [0.717, 1.165) is 12.1 Å². The second-order valence-corrected chi connectivity index (χ2v) is 5.06. The molecule has 0 saturated carbocycles. The lowest BCUT2D eigenvalue weighted by Crippen LogP contribution is -2.29. The van der Waals surface area contributed by atoms with Gasteiger partial charge in [0.25, 0.3) is 0 Å². The van der Waals surface area contributed by atoms with Gasteiger partial charge in [-0.3, -0.25) is 9.69 Å². The first-order chi connectivity index (χ1) is 10.2. The molecule has 2 rings (SSSR count). The maximum absolute atomic E-state index is 12.0. The van der Waals surface area contributed by atoms with E-state index in [1.54, 1.807) is 6.07 Å². The van der Waals surface area contributed by atoms with E-state index in [2.05, 4.69) is 5.32 Å². The number of aliphatic hydroxyl groups is 1. The molecule has 2 N–H and O–H groups in total. The molecule has 110 valence electrons. The highest BCUT2D eigenvalue weighted by Gasteiger charge is 2.07. The van der Waals surface area contributed by atoms with Crippen LogP contribution in [-0.2, 0) is 17.9 Å². The zero-order valence-corrected chi connectivity index (χ0v) is 12.1. The molecule has 0 aliphatic rings. The van der Waals surface area contributed by atoms with Crippen LogP contribution in [0.25, 0.3) is 0 Å². The topological polar surface area (TPSA) is 52.6 Å². The van der Waals surface area contributed by atoms with Crippen molar-refractivity contribution in [3.8, 4) is 0 Å². The highest BCUT2D eigenvalue weighted by Crippen LogP contribution is 2.10. The van der Waals surface area contributed by atoms with E-state index >= 15 is 0 Å². The number of carbonyl (C=O) groups excluding carboxylic acids is 1. The lowest BCUT2D eigenvalue weighted by atomic mass is 10.2. The SMILES string of the molecule is CN(CC(=O)Nc1cccc(CO)c1)Cc1ccccc1. The van der Waals surface area contributed by atoms with Gasteiger partial charge in [0.05, 0.1) is 13.2 Å². The number of amides is 1. The van der Waals surface area contributed by atoms with Gasteiger partial charge in [-0.15, -0.1) is 0 Å². The van der Waals surface area contributed by atoms with Gasteiger partial charge in [-0.25, -0.2) is 0 Å². The predicted octanol–water partition coefficient (Wildman–Crippen LogP) is 2.25. The first-order valence-electron chi connectivity index (χ1n) is 6.89. The van der Waals surface area contributed by atoms with E-state index in [-0.39, 0.29) is 12.5 Å². The molecule has 0 saturated heterocycles. The van der Waals surface area contributed by atoms with Gasteiger partial charge in [-0.05, 0) is 30.3 Å². The van der Waals surface area contributed by atoms with Gasteiger partial charge in [-0.1, -0.05) is 42.5 Å². The highest BCUT2D eigenvalue weighted by atomic mass is 16.3. The molecular weight excluding hydrogens is 264 g/mol. The normalized spacial score (nSPS) is 10.6. The summed E-state index contributed by atoms with van der Waals surface area (Å²) < 4.78 is 0. The Morgan fingerprint density at radius 1 is 1.10 bits per heavy atom. The first kappa shape index (κ1) is 15.2. The summed E-state index contributed by atoms with van der Waals surface area (Å²) in [5.41, 5.74) is 2.67. The second kappa shape index (κ2) is 7.57. The minimum absolute atomic E-state index is 0.0301. The van der Waals surface area contributed by atoms with Gasteiger partial charge in [0.15, 0.2) is 0 Å². The van der Waals surface area contributed by atoms with Gasteiger partial charge in [-0.2, -0.15) is 0 Å². The van der Waals surface area contributed by atoms with Crippen LogP contribution in [0.2, 0.25) is 0 Å². The lowest BCUT2D eigenvalue weighted by molar-refractivity contribution is -0.117. The first-order valence-corrected chi connectivity index (χ1v) is 6.89. The number of nitrogens with one attached hydrogen (secondary N) is 1. The standard InChI is InChI=1S/C17H20N2O2/c1-19(11-14-6-3-2-4-7-14)12-17(21)18-16-9-5-8-15(10-16)13-20/h2-10,20H,11-13H2,1H3,(H,18,21). The molecule has 21 heavy (non-hydrogen) atoms. The maximum Gasteiger partial charge on any atom is 0.238 e. The van der Waals surface area contributed by atoms with E-state index in [9.17, 15) is 4.79 Å². The summed E-state index contributed by atoms with van der Waals surface area (Å²) in [6, 6.07) is 17.3. The molecule has 0 heterocycles. The summed E-state index contributed by atoms with van der Waals surface area (Å²) in [5.74, 6) is -0.0662. The van der Waals surface area contributed by atoms with E-state index in [1.165, 1.54) is 5.56 Å². The molecule has 0 atom stereocenters. The molecule has 4 heteroatoms. The molecule has 2 aromatic rings. The van der Waals surface area contributed by atoms with Gasteiger partial charge < -0.3 is 10.4 Å². The van der Waals surface area contributed by atoms with Gasteiger partial charge in [0, 0.05) is 12.2 Å². The molecule has 2 aromatic carbocycles. The average Bonchev–Trinajstić information content (AvgIpc) is 2.48. The van der Waals surface area contributed by atoms with Crippen LogP contribution in [-0.4, -0.2) is 29.5 Å². The predicted molar refractivity (Wildman–Crippen MR) is 83.8 cm³/mol. The number of anilines is 1. The van der Waals surface area contributed by atoms with Crippen molar-refractivity contribution in [2.24, 2.45) is 0 Å². The number of nitrogens with zero attached hydrogens (tertiary/aromatic N) is 1. The van der Waals surface area contributed by atoms with Crippen LogP contribution in [0.3, 0.4) is 0 Å². The summed E-state index contributed by atoms with van der Waals surface area (Å²) in [4.78, 5) is 14.0. The quantitative estimate of drug-likeness (QED) is 0.855. The van der Waals surface area contributed by atoms with Crippen LogP contribution in [0.5, 0.6) is 0 Å². The van der Waals surface area contributed by atoms with Crippen molar-refractivity contribution in [1.29, 1.82) is 0 Å². The smallest absolute Gasteiger partial charge is 0.238 e. The Bertz CT molecular complexity index is 584. The Balaban J connectivity index is 1.86. The second-order valence-electron chi connectivity index (χ2n) is 5.06. The molecule has 1 amide bonds. The summed E-state index contributed by atoms with van der Waals surface area (Å²) in [6.45, 7) is 1.01. The summed E-state index contributed by atoms with van der Waals surface area (Å²) in [5, 5.41) is 11.9. The lowest BCUT2D eigenvalue weighted by Gasteiger charge is -2.16. The van der Waals surface area contributed by atoms with Crippen molar-refractivity contribution in [2.75, 3.05) is 18.9 Å². The Morgan fingerprint density at radius 3 is 2.52 bits per heavy atom. The number of carbonyl (C=O) groups is 1. The molecule has 0 spiro atoms. The van der Waals surface area contributed by atoms with Gasteiger partial charge in [0.2, 0.25) is 5.91 Å². The number of hydrogen-bond acceptors (Lipinski definition) is 3. The third-order valence-electron chi connectivity index (χ3n) is 3.10. The largest absolute Gasteiger partial charge is 0.392 e. The molecule has 0 aromatic heterocycles. The zero-order chi connectivity index (χ0) is 15.1. The third kappa shape index (κ3) is 5.02. The van der Waals surface area contributed by atoms with Gasteiger partial charge in [0.1, 0.15) is 0 Å². The van der Waals surface area contributed by atoms with Crippen LogP contribution in [0.15, 0.2) is 54.6 Å². The number of likely N-dealkylation sites (N-methyl/N-ethyl adjacent to an activating group) is 1. The molecule has 0 aliphatic heterocycles. The number of hydrogen-bond donors (Lipinski definition) is 2. The zero-order valence-electron chi connectivity index (χ0n) is 12.1. The molecule has 4 nitrogen and oxygen atoms in total. The molecule has 0 radical (unpaired) electrons. The molecule has 0 fully saturated rings.